The highest BCUT2D eigenvalue weighted by Gasteiger charge is 1.96. The minimum absolute atomic E-state index is 0.202. The van der Waals surface area contributed by atoms with Gasteiger partial charge in [0.1, 0.15) is 0 Å². The van der Waals surface area contributed by atoms with Gasteiger partial charge in [0.15, 0.2) is 0 Å². The third kappa shape index (κ3) is 4.13. The molecule has 0 saturated carbocycles. The van der Waals surface area contributed by atoms with Gasteiger partial charge in [-0.2, -0.15) is 0 Å². The molecule has 0 fully saturated rings. The number of hydrogen-bond acceptors (Lipinski definition) is 1. The van der Waals surface area contributed by atoms with Crippen molar-refractivity contribution in [3.8, 4) is 0 Å². The van der Waals surface area contributed by atoms with E-state index in [1.807, 2.05) is 0 Å². The molecule has 0 amide bonds. The number of carboxylic acids is 1. The number of carbonyl (C=O) groups is 1. The quantitative estimate of drug-likeness (QED) is 0.480. The van der Waals surface area contributed by atoms with Gasteiger partial charge in [-0.1, -0.05) is 25.8 Å². The fraction of sp³-hybridized carbons (Fsp3) is 0.500. The molecule has 0 aliphatic carbocycles. The Kier molecular flexibility index (Phi) is 4.63. The summed E-state index contributed by atoms with van der Waals surface area (Å²) in [6.07, 6.45) is 4.60. The van der Waals surface area contributed by atoms with Gasteiger partial charge in [0.05, 0.1) is 0 Å². The Morgan fingerprint density at radius 3 is 2.70 bits per heavy atom. The molecule has 0 aliphatic rings. The number of unbranched alkanes of at least 4 members (excludes halogenated alkanes) is 2. The second kappa shape index (κ2) is 5.03. The van der Waals surface area contributed by atoms with Gasteiger partial charge in [-0.3, -0.25) is 0 Å². The van der Waals surface area contributed by atoms with Crippen molar-refractivity contribution < 1.29 is 9.90 Å². The molecule has 0 bridgehead atoms. The lowest BCUT2D eigenvalue weighted by atomic mass is 10.2. The van der Waals surface area contributed by atoms with Crippen LogP contribution in [0.4, 0.5) is 0 Å². The molecule has 2 nitrogen and oxygen atoms in total. The Morgan fingerprint density at radius 1 is 1.70 bits per heavy atom. The monoisotopic (exact) mass is 141 g/mol. The first kappa shape index (κ1) is 9.21. The largest absolute Gasteiger partial charge is 0.478 e. The lowest BCUT2D eigenvalue weighted by molar-refractivity contribution is -0.132. The van der Waals surface area contributed by atoms with E-state index in [2.05, 4.69) is 13.8 Å². The van der Waals surface area contributed by atoms with Crippen molar-refractivity contribution in [1.82, 2.24) is 0 Å². The van der Waals surface area contributed by atoms with Crippen LogP contribution in [0.3, 0.4) is 0 Å². The third-order valence-electron chi connectivity index (χ3n) is 1.22. The molecule has 57 valence electrons. The minimum Gasteiger partial charge on any atom is -0.478 e. The van der Waals surface area contributed by atoms with Crippen LogP contribution in [0.2, 0.25) is 0 Å². The van der Waals surface area contributed by atoms with E-state index >= 15 is 0 Å². The van der Waals surface area contributed by atoms with Crippen molar-refractivity contribution in [3.63, 3.8) is 0 Å². The van der Waals surface area contributed by atoms with Crippen molar-refractivity contribution >= 4 is 5.97 Å². The van der Waals surface area contributed by atoms with E-state index in [1.165, 1.54) is 0 Å². The third-order valence-corrected chi connectivity index (χ3v) is 1.22. The van der Waals surface area contributed by atoms with Crippen molar-refractivity contribution in [2.45, 2.75) is 26.2 Å². The van der Waals surface area contributed by atoms with Gasteiger partial charge in [0.2, 0.25) is 0 Å². The summed E-state index contributed by atoms with van der Waals surface area (Å²) in [5, 5.41) is 8.35. The molecule has 1 radical (unpaired) electrons. The van der Waals surface area contributed by atoms with E-state index in [0.29, 0.717) is 0 Å². The second-order valence-corrected chi connectivity index (χ2v) is 2.18. The van der Waals surface area contributed by atoms with Gasteiger partial charge in [0, 0.05) is 5.57 Å². The molecule has 0 unspecified atom stereocenters. The predicted octanol–water partition coefficient (Wildman–Crippen LogP) is 2.02. The highest BCUT2D eigenvalue weighted by Crippen LogP contribution is 1.99. The van der Waals surface area contributed by atoms with E-state index in [0.717, 1.165) is 19.3 Å². The van der Waals surface area contributed by atoms with Gasteiger partial charge in [0.25, 0.3) is 0 Å². The smallest absolute Gasteiger partial charge is 0.331 e. The van der Waals surface area contributed by atoms with E-state index in [9.17, 15) is 4.79 Å². The molecule has 0 heterocycles. The molecule has 10 heavy (non-hydrogen) atoms. The van der Waals surface area contributed by atoms with Crippen LogP contribution in [0.25, 0.3) is 0 Å². The highest BCUT2D eigenvalue weighted by atomic mass is 16.4. The lowest BCUT2D eigenvalue weighted by Crippen LogP contribution is -1.95. The first-order valence-electron chi connectivity index (χ1n) is 3.44. The molecule has 0 spiro atoms. The maximum Gasteiger partial charge on any atom is 0.331 e. The van der Waals surface area contributed by atoms with Crippen LogP contribution in [0.1, 0.15) is 26.2 Å². The normalized spacial score (nSPS) is 11.6. The van der Waals surface area contributed by atoms with Gasteiger partial charge in [-0.25, -0.2) is 4.79 Å². The molecule has 0 atom stereocenters. The van der Waals surface area contributed by atoms with Crippen LogP contribution >= 0.6 is 0 Å². The SMILES string of the molecule is [CH2]C(=CCCCC)C(=O)O. The van der Waals surface area contributed by atoms with Crippen molar-refractivity contribution in [1.29, 1.82) is 0 Å². The van der Waals surface area contributed by atoms with Crippen LogP contribution in [-0.4, -0.2) is 11.1 Å². The van der Waals surface area contributed by atoms with Gasteiger partial charge in [-0.05, 0) is 13.3 Å². The Hall–Kier alpha value is -0.790. The maximum atomic E-state index is 10.2. The fourth-order valence-electron chi connectivity index (χ4n) is 0.568. The van der Waals surface area contributed by atoms with E-state index in [1.54, 1.807) is 6.08 Å². The zero-order valence-electron chi connectivity index (χ0n) is 6.26. The van der Waals surface area contributed by atoms with Gasteiger partial charge >= 0.3 is 5.97 Å². The lowest BCUT2D eigenvalue weighted by Gasteiger charge is -1.91. The molecule has 0 aliphatic heterocycles. The zero-order valence-corrected chi connectivity index (χ0v) is 6.26. The number of aliphatic carboxylic acids is 1. The highest BCUT2D eigenvalue weighted by molar-refractivity contribution is 5.87. The van der Waals surface area contributed by atoms with Crippen LogP contribution in [-0.2, 0) is 4.79 Å². The first-order chi connectivity index (χ1) is 4.68. The van der Waals surface area contributed by atoms with Crippen LogP contribution in [0.15, 0.2) is 11.6 Å². The summed E-state index contributed by atoms with van der Waals surface area (Å²) in [5.74, 6) is -0.920. The van der Waals surface area contributed by atoms with Crippen molar-refractivity contribution in [3.05, 3.63) is 18.6 Å². The topological polar surface area (TPSA) is 37.3 Å². The molecule has 2 heteroatoms. The Bertz CT molecular complexity index is 136. The zero-order chi connectivity index (χ0) is 7.98. The van der Waals surface area contributed by atoms with E-state index < -0.39 is 5.97 Å². The van der Waals surface area contributed by atoms with Crippen molar-refractivity contribution in [2.24, 2.45) is 0 Å². The molecule has 0 rings (SSSR count). The number of carboxylic acid groups (broad SMARTS) is 1. The summed E-state index contributed by atoms with van der Waals surface area (Å²) in [5.41, 5.74) is 0.202. The number of rotatable bonds is 4. The maximum absolute atomic E-state index is 10.2. The average molecular weight is 141 g/mol. The summed E-state index contributed by atoms with van der Waals surface area (Å²) in [6, 6.07) is 0. The summed E-state index contributed by atoms with van der Waals surface area (Å²) < 4.78 is 0. The Balaban J connectivity index is 3.58. The molecule has 0 aromatic heterocycles. The summed E-state index contributed by atoms with van der Waals surface area (Å²) >= 11 is 0. The molecule has 0 aromatic carbocycles. The van der Waals surface area contributed by atoms with E-state index in [-0.39, 0.29) is 5.57 Å². The number of hydrogen-bond donors (Lipinski definition) is 1. The van der Waals surface area contributed by atoms with Crippen molar-refractivity contribution in [2.75, 3.05) is 0 Å². The van der Waals surface area contributed by atoms with Crippen LogP contribution in [0, 0.1) is 6.92 Å². The second-order valence-electron chi connectivity index (χ2n) is 2.18. The summed E-state index contributed by atoms with van der Waals surface area (Å²) in [6.45, 7) is 5.44. The van der Waals surface area contributed by atoms with E-state index in [4.69, 9.17) is 5.11 Å². The fourth-order valence-corrected chi connectivity index (χ4v) is 0.568. The average Bonchev–Trinajstić information content (AvgIpc) is 1.88. The molecular formula is C8H13O2. The molecule has 0 aromatic rings. The standard InChI is InChI=1S/C8H13O2/c1-3-4-5-6-7(2)8(9)10/h6H,2-5H2,1H3,(H,9,10). The summed E-state index contributed by atoms with van der Waals surface area (Å²) in [4.78, 5) is 10.2. The van der Waals surface area contributed by atoms with Crippen LogP contribution in [0.5, 0.6) is 0 Å². The molecule has 0 saturated heterocycles. The Labute approximate surface area is 61.6 Å². The van der Waals surface area contributed by atoms with Gasteiger partial charge in [-0.15, -0.1) is 0 Å². The predicted molar refractivity (Wildman–Crippen MR) is 40.6 cm³/mol. The summed E-state index contributed by atoms with van der Waals surface area (Å²) in [7, 11) is 0. The Morgan fingerprint density at radius 2 is 2.30 bits per heavy atom. The minimum atomic E-state index is -0.920. The van der Waals surface area contributed by atoms with Gasteiger partial charge < -0.3 is 5.11 Å². The molecular weight excluding hydrogens is 128 g/mol. The number of allylic oxidation sites excluding steroid dienone is 1. The molecule has 1 N–H and O–H groups in total. The first-order valence-corrected chi connectivity index (χ1v) is 3.44. The van der Waals surface area contributed by atoms with Crippen LogP contribution < -0.4 is 0 Å².